The van der Waals surface area contributed by atoms with Gasteiger partial charge in [0.2, 0.25) is 0 Å². The van der Waals surface area contributed by atoms with Gasteiger partial charge in [-0.05, 0) is 37.0 Å². The number of fused-ring (bicyclic) bond motifs is 1. The van der Waals surface area contributed by atoms with Crippen LogP contribution in [0.25, 0.3) is 0 Å². The van der Waals surface area contributed by atoms with Crippen LogP contribution in [-0.2, 0) is 0 Å². The Bertz CT molecular complexity index is 865. The lowest BCUT2D eigenvalue weighted by atomic mass is 9.88. The molecule has 2 heterocycles. The smallest absolute Gasteiger partial charge is 0.407 e. The monoisotopic (exact) mass is 407 g/mol. The minimum atomic E-state index is -0.861. The standard InChI is InChI=1S/C20H19Cl2NO4/c21-13-4-5-15(16(22)10-13)18-11-26-17-3-1-2-14(19(17)27-18)12-6-8-23(9-7-12)20(24)25/h1-5,10,12,18H,6-9,11H2,(H,24,25). The first kappa shape index (κ1) is 18.3. The molecule has 2 aromatic carbocycles. The quantitative estimate of drug-likeness (QED) is 0.727. The number of amides is 1. The fraction of sp³-hybridized carbons (Fsp3) is 0.350. The molecular weight excluding hydrogens is 389 g/mol. The molecule has 1 N–H and O–H groups in total. The molecule has 142 valence electrons. The van der Waals surface area contributed by atoms with Crippen molar-refractivity contribution in [1.82, 2.24) is 4.90 Å². The number of halogens is 2. The van der Waals surface area contributed by atoms with Gasteiger partial charge in [0.05, 0.1) is 0 Å². The van der Waals surface area contributed by atoms with E-state index in [1.165, 1.54) is 4.90 Å². The Morgan fingerprint density at radius 3 is 2.59 bits per heavy atom. The Morgan fingerprint density at radius 1 is 1.11 bits per heavy atom. The van der Waals surface area contributed by atoms with E-state index in [9.17, 15) is 4.79 Å². The van der Waals surface area contributed by atoms with Crippen LogP contribution in [0, 0.1) is 0 Å². The maximum atomic E-state index is 11.1. The van der Waals surface area contributed by atoms with Crippen LogP contribution in [0.4, 0.5) is 4.79 Å². The van der Waals surface area contributed by atoms with Crippen molar-refractivity contribution >= 4 is 29.3 Å². The number of benzene rings is 2. The highest BCUT2D eigenvalue weighted by molar-refractivity contribution is 6.35. The van der Waals surface area contributed by atoms with Crippen molar-refractivity contribution in [2.45, 2.75) is 24.9 Å². The summed E-state index contributed by atoms with van der Waals surface area (Å²) < 4.78 is 12.3. The third kappa shape index (κ3) is 3.66. The molecule has 5 nitrogen and oxygen atoms in total. The van der Waals surface area contributed by atoms with E-state index in [1.807, 2.05) is 24.3 Å². The van der Waals surface area contributed by atoms with E-state index < -0.39 is 6.09 Å². The van der Waals surface area contributed by atoms with Crippen LogP contribution >= 0.6 is 23.2 Å². The average Bonchev–Trinajstić information content (AvgIpc) is 2.67. The lowest BCUT2D eigenvalue weighted by Gasteiger charge is -2.34. The molecule has 0 bridgehead atoms. The Morgan fingerprint density at radius 2 is 1.89 bits per heavy atom. The van der Waals surface area contributed by atoms with Gasteiger partial charge in [0, 0.05) is 34.3 Å². The summed E-state index contributed by atoms with van der Waals surface area (Å²) in [7, 11) is 0. The van der Waals surface area contributed by atoms with E-state index in [1.54, 1.807) is 12.1 Å². The Labute approximate surface area is 167 Å². The zero-order valence-electron chi connectivity index (χ0n) is 14.5. The van der Waals surface area contributed by atoms with Crippen LogP contribution in [0.2, 0.25) is 10.0 Å². The van der Waals surface area contributed by atoms with Crippen LogP contribution in [0.3, 0.4) is 0 Å². The Kier molecular flexibility index (Phi) is 5.06. The summed E-state index contributed by atoms with van der Waals surface area (Å²) in [6.07, 6.45) is 0.347. The number of para-hydroxylation sites is 1. The Hall–Kier alpha value is -2.11. The molecule has 2 aliphatic rings. The van der Waals surface area contributed by atoms with Gasteiger partial charge >= 0.3 is 6.09 Å². The molecule has 0 spiro atoms. The van der Waals surface area contributed by atoms with Gasteiger partial charge < -0.3 is 19.5 Å². The molecule has 4 rings (SSSR count). The predicted molar refractivity (Wildman–Crippen MR) is 103 cm³/mol. The number of rotatable bonds is 2. The largest absolute Gasteiger partial charge is 0.485 e. The molecular formula is C20H19Cl2NO4. The number of carboxylic acid groups (broad SMARTS) is 1. The highest BCUT2D eigenvalue weighted by atomic mass is 35.5. The summed E-state index contributed by atoms with van der Waals surface area (Å²) in [4.78, 5) is 12.6. The van der Waals surface area contributed by atoms with Crippen LogP contribution in [-0.4, -0.2) is 35.8 Å². The third-order valence-corrected chi connectivity index (χ3v) is 5.74. The first-order chi connectivity index (χ1) is 13.0. The van der Waals surface area contributed by atoms with Gasteiger partial charge in [0.15, 0.2) is 17.6 Å². The molecule has 0 aromatic heterocycles. The van der Waals surface area contributed by atoms with Gasteiger partial charge in [0.25, 0.3) is 0 Å². The minimum absolute atomic E-state index is 0.235. The number of carbonyl (C=O) groups is 1. The molecule has 0 radical (unpaired) electrons. The van der Waals surface area contributed by atoms with E-state index in [4.69, 9.17) is 37.8 Å². The second-order valence-electron chi connectivity index (χ2n) is 6.80. The predicted octanol–water partition coefficient (Wildman–Crippen LogP) is 5.36. The van der Waals surface area contributed by atoms with Crippen molar-refractivity contribution in [2.24, 2.45) is 0 Å². The number of likely N-dealkylation sites (tertiary alicyclic amines) is 1. The zero-order chi connectivity index (χ0) is 19.0. The first-order valence-electron chi connectivity index (χ1n) is 8.88. The van der Waals surface area contributed by atoms with E-state index in [0.29, 0.717) is 29.7 Å². The van der Waals surface area contributed by atoms with Crippen molar-refractivity contribution < 1.29 is 19.4 Å². The van der Waals surface area contributed by atoms with Gasteiger partial charge in [-0.2, -0.15) is 0 Å². The van der Waals surface area contributed by atoms with Crippen molar-refractivity contribution in [1.29, 1.82) is 0 Å². The number of nitrogens with zero attached hydrogens (tertiary/aromatic N) is 1. The van der Waals surface area contributed by atoms with Gasteiger partial charge in [-0.25, -0.2) is 4.79 Å². The molecule has 2 aliphatic heterocycles. The average molecular weight is 408 g/mol. The highest BCUT2D eigenvalue weighted by Crippen LogP contribution is 2.45. The van der Waals surface area contributed by atoms with E-state index >= 15 is 0 Å². The first-order valence-corrected chi connectivity index (χ1v) is 9.63. The molecule has 1 saturated heterocycles. The SMILES string of the molecule is O=C(O)N1CCC(c2cccc3c2OC(c2ccc(Cl)cc2Cl)CO3)CC1. The fourth-order valence-corrected chi connectivity index (χ4v) is 4.26. The number of piperidine rings is 1. The molecule has 0 saturated carbocycles. The van der Waals surface area contributed by atoms with Gasteiger partial charge in [0.1, 0.15) is 6.61 Å². The molecule has 1 atom stereocenters. The van der Waals surface area contributed by atoms with Crippen molar-refractivity contribution in [3.8, 4) is 11.5 Å². The number of hydrogen-bond acceptors (Lipinski definition) is 3. The van der Waals surface area contributed by atoms with Gasteiger partial charge in [-0.15, -0.1) is 0 Å². The molecule has 1 fully saturated rings. The van der Waals surface area contributed by atoms with Crippen LogP contribution in [0.1, 0.15) is 36.0 Å². The van der Waals surface area contributed by atoms with Crippen LogP contribution in [0.5, 0.6) is 11.5 Å². The third-order valence-electron chi connectivity index (χ3n) is 5.17. The molecule has 7 heteroatoms. The van der Waals surface area contributed by atoms with Crippen molar-refractivity contribution in [3.63, 3.8) is 0 Å². The molecule has 1 amide bonds. The molecule has 2 aromatic rings. The summed E-state index contributed by atoms with van der Waals surface area (Å²) in [5.74, 6) is 1.68. The van der Waals surface area contributed by atoms with Crippen molar-refractivity contribution in [2.75, 3.05) is 19.7 Å². The van der Waals surface area contributed by atoms with Crippen LogP contribution < -0.4 is 9.47 Å². The summed E-state index contributed by atoms with van der Waals surface area (Å²) in [6, 6.07) is 11.2. The summed E-state index contributed by atoms with van der Waals surface area (Å²) >= 11 is 12.3. The van der Waals surface area contributed by atoms with Gasteiger partial charge in [-0.3, -0.25) is 0 Å². The maximum absolute atomic E-state index is 11.1. The number of hydrogen-bond donors (Lipinski definition) is 1. The van der Waals surface area contributed by atoms with Gasteiger partial charge in [-0.1, -0.05) is 41.4 Å². The summed E-state index contributed by atoms with van der Waals surface area (Å²) in [5.41, 5.74) is 1.90. The lowest BCUT2D eigenvalue weighted by Crippen LogP contribution is -2.37. The van der Waals surface area contributed by atoms with Crippen LogP contribution in [0.15, 0.2) is 36.4 Å². The van der Waals surface area contributed by atoms with E-state index in [2.05, 4.69) is 0 Å². The molecule has 1 unspecified atom stereocenters. The topological polar surface area (TPSA) is 59.0 Å². The molecule has 0 aliphatic carbocycles. The highest BCUT2D eigenvalue weighted by Gasteiger charge is 2.31. The van der Waals surface area contributed by atoms with Crippen molar-refractivity contribution in [3.05, 3.63) is 57.6 Å². The maximum Gasteiger partial charge on any atom is 0.407 e. The second kappa shape index (κ2) is 7.49. The second-order valence-corrected chi connectivity index (χ2v) is 7.65. The fourth-order valence-electron chi connectivity index (χ4n) is 3.73. The zero-order valence-corrected chi connectivity index (χ0v) is 16.0. The summed E-state index contributed by atoms with van der Waals surface area (Å²) in [6.45, 7) is 1.42. The normalized spacial score (nSPS) is 19.8. The van der Waals surface area contributed by atoms with E-state index in [0.717, 1.165) is 35.5 Å². The molecule has 27 heavy (non-hydrogen) atoms. The minimum Gasteiger partial charge on any atom is -0.485 e. The summed E-state index contributed by atoms with van der Waals surface area (Å²) in [5, 5.41) is 10.3. The Balaban J connectivity index is 1.59. The number of ether oxygens (including phenoxy) is 2. The van der Waals surface area contributed by atoms with E-state index in [-0.39, 0.29) is 12.0 Å². The lowest BCUT2D eigenvalue weighted by molar-refractivity contribution is 0.0882.